The Bertz CT molecular complexity index is 541. The van der Waals surface area contributed by atoms with E-state index < -0.39 is 0 Å². The van der Waals surface area contributed by atoms with Gasteiger partial charge in [0.25, 0.3) is 0 Å². The molecule has 0 spiro atoms. The second-order valence-electron chi connectivity index (χ2n) is 4.30. The van der Waals surface area contributed by atoms with Crippen molar-refractivity contribution in [1.82, 2.24) is 14.5 Å². The van der Waals surface area contributed by atoms with Crippen LogP contribution < -0.4 is 5.73 Å². The summed E-state index contributed by atoms with van der Waals surface area (Å²) in [4.78, 5) is 8.72. The molecule has 0 fully saturated rings. The predicted octanol–water partition coefficient (Wildman–Crippen LogP) is 2.38. The zero-order valence-corrected chi connectivity index (χ0v) is 10.1. The molecular formula is C12H13ClN4. The van der Waals surface area contributed by atoms with E-state index in [1.165, 1.54) is 24.2 Å². The molecule has 0 amide bonds. The van der Waals surface area contributed by atoms with Crippen LogP contribution in [-0.2, 0) is 12.8 Å². The average Bonchev–Trinajstić information content (AvgIpc) is 2.71. The second kappa shape index (κ2) is 4.04. The first-order valence-electron chi connectivity index (χ1n) is 5.72. The van der Waals surface area contributed by atoms with E-state index >= 15 is 0 Å². The lowest BCUT2D eigenvalue weighted by atomic mass is 10.0. The number of hydrogen-bond donors (Lipinski definition) is 1. The highest BCUT2D eigenvalue weighted by atomic mass is 35.5. The summed E-state index contributed by atoms with van der Waals surface area (Å²) in [6, 6.07) is 3.47. The van der Waals surface area contributed by atoms with Crippen LogP contribution >= 0.6 is 11.6 Å². The number of nitrogens with zero attached hydrogens (tertiary/aromatic N) is 3. The van der Waals surface area contributed by atoms with E-state index in [-0.39, 0.29) is 0 Å². The lowest BCUT2D eigenvalue weighted by Crippen LogP contribution is -2.08. The van der Waals surface area contributed by atoms with Gasteiger partial charge in [-0.2, -0.15) is 0 Å². The molecule has 17 heavy (non-hydrogen) atoms. The summed E-state index contributed by atoms with van der Waals surface area (Å²) in [5, 5.41) is 0.415. The Morgan fingerprint density at radius 1 is 1.24 bits per heavy atom. The van der Waals surface area contributed by atoms with Gasteiger partial charge in [0.05, 0.1) is 5.69 Å². The van der Waals surface area contributed by atoms with Crippen molar-refractivity contribution in [2.45, 2.75) is 25.7 Å². The van der Waals surface area contributed by atoms with E-state index in [0.29, 0.717) is 10.8 Å². The van der Waals surface area contributed by atoms with Gasteiger partial charge in [-0.15, -0.1) is 0 Å². The first kappa shape index (κ1) is 10.6. The third-order valence-electron chi connectivity index (χ3n) is 3.08. The predicted molar refractivity (Wildman–Crippen MR) is 67.4 cm³/mol. The summed E-state index contributed by atoms with van der Waals surface area (Å²) in [7, 11) is 0. The fourth-order valence-electron chi connectivity index (χ4n) is 2.29. The van der Waals surface area contributed by atoms with Crippen LogP contribution in [0.3, 0.4) is 0 Å². The third-order valence-corrected chi connectivity index (χ3v) is 3.27. The minimum atomic E-state index is 0.415. The summed E-state index contributed by atoms with van der Waals surface area (Å²) in [5.74, 6) is 0.755. The smallest absolute Gasteiger partial charge is 0.141 e. The lowest BCUT2D eigenvalue weighted by Gasteiger charge is -2.13. The molecule has 2 N–H and O–H groups in total. The van der Waals surface area contributed by atoms with Crippen LogP contribution in [0.5, 0.6) is 0 Å². The van der Waals surface area contributed by atoms with E-state index in [9.17, 15) is 0 Å². The number of halogens is 1. The molecule has 5 heteroatoms. The van der Waals surface area contributed by atoms with E-state index in [4.69, 9.17) is 17.3 Å². The van der Waals surface area contributed by atoms with Crippen LogP contribution in [0.1, 0.15) is 24.2 Å². The van der Waals surface area contributed by atoms with Gasteiger partial charge in [0, 0.05) is 17.4 Å². The number of aromatic nitrogens is 3. The molecule has 2 heterocycles. The summed E-state index contributed by atoms with van der Waals surface area (Å²) >= 11 is 5.93. The summed E-state index contributed by atoms with van der Waals surface area (Å²) in [6.07, 6.45) is 6.33. The topological polar surface area (TPSA) is 56.7 Å². The number of aryl methyl sites for hydroxylation is 1. The SMILES string of the molecule is Nc1cc(Cl)nc(-n2cnc3c2CCCC3)c1. The van der Waals surface area contributed by atoms with Crippen molar-refractivity contribution in [3.8, 4) is 5.82 Å². The maximum atomic E-state index is 5.93. The summed E-state index contributed by atoms with van der Waals surface area (Å²) in [5.41, 5.74) is 8.83. The van der Waals surface area contributed by atoms with Crippen LogP contribution in [0, 0.1) is 0 Å². The molecule has 0 saturated carbocycles. The van der Waals surface area contributed by atoms with E-state index in [1.54, 1.807) is 6.07 Å². The maximum absolute atomic E-state index is 5.93. The minimum Gasteiger partial charge on any atom is -0.399 e. The third kappa shape index (κ3) is 1.89. The van der Waals surface area contributed by atoms with Crippen molar-refractivity contribution in [1.29, 1.82) is 0 Å². The molecule has 1 aliphatic rings. The maximum Gasteiger partial charge on any atom is 0.141 e. The first-order valence-corrected chi connectivity index (χ1v) is 6.10. The van der Waals surface area contributed by atoms with Crippen LogP contribution in [-0.4, -0.2) is 14.5 Å². The van der Waals surface area contributed by atoms with Crippen LogP contribution in [0.4, 0.5) is 5.69 Å². The van der Waals surface area contributed by atoms with Gasteiger partial charge in [-0.3, -0.25) is 4.57 Å². The minimum absolute atomic E-state index is 0.415. The highest BCUT2D eigenvalue weighted by Crippen LogP contribution is 2.24. The number of hydrogen-bond acceptors (Lipinski definition) is 3. The van der Waals surface area contributed by atoms with Gasteiger partial charge in [-0.05, 0) is 31.7 Å². The second-order valence-corrected chi connectivity index (χ2v) is 4.68. The number of anilines is 1. The molecule has 0 aromatic carbocycles. The molecule has 0 atom stereocenters. The number of nitrogen functional groups attached to an aromatic ring is 1. The fourth-order valence-corrected chi connectivity index (χ4v) is 2.50. The highest BCUT2D eigenvalue weighted by Gasteiger charge is 2.16. The van der Waals surface area contributed by atoms with Crippen molar-refractivity contribution in [3.05, 3.63) is 35.0 Å². The van der Waals surface area contributed by atoms with Gasteiger partial charge in [0.1, 0.15) is 17.3 Å². The van der Waals surface area contributed by atoms with Crippen LogP contribution in [0.15, 0.2) is 18.5 Å². The van der Waals surface area contributed by atoms with Gasteiger partial charge in [-0.1, -0.05) is 11.6 Å². The zero-order valence-electron chi connectivity index (χ0n) is 9.36. The monoisotopic (exact) mass is 248 g/mol. The molecule has 2 aromatic heterocycles. The molecule has 0 saturated heterocycles. The molecule has 0 bridgehead atoms. The van der Waals surface area contributed by atoms with Crippen molar-refractivity contribution in [2.24, 2.45) is 0 Å². The average molecular weight is 249 g/mol. The highest BCUT2D eigenvalue weighted by molar-refractivity contribution is 6.29. The molecule has 4 nitrogen and oxygen atoms in total. The molecule has 2 aromatic rings. The Hall–Kier alpha value is -1.55. The number of pyridine rings is 1. The van der Waals surface area contributed by atoms with Crippen molar-refractivity contribution >= 4 is 17.3 Å². The van der Waals surface area contributed by atoms with Crippen LogP contribution in [0.2, 0.25) is 5.15 Å². The number of fused-ring (bicyclic) bond motifs is 1. The van der Waals surface area contributed by atoms with E-state index in [1.807, 2.05) is 17.0 Å². The number of nitrogens with two attached hydrogens (primary N) is 1. The van der Waals surface area contributed by atoms with Gasteiger partial charge in [0.2, 0.25) is 0 Å². The van der Waals surface area contributed by atoms with Gasteiger partial charge in [-0.25, -0.2) is 9.97 Å². The summed E-state index contributed by atoms with van der Waals surface area (Å²) in [6.45, 7) is 0. The molecule has 0 aliphatic heterocycles. The van der Waals surface area contributed by atoms with Crippen molar-refractivity contribution < 1.29 is 0 Å². The Kier molecular flexibility index (Phi) is 2.52. The van der Waals surface area contributed by atoms with Crippen molar-refractivity contribution in [2.75, 3.05) is 5.73 Å². The normalized spacial score (nSPS) is 14.6. The molecule has 0 unspecified atom stereocenters. The standard InChI is InChI=1S/C12H13ClN4/c13-11-5-8(14)6-12(16-11)17-7-15-9-3-1-2-4-10(9)17/h5-7H,1-4H2,(H2,14,16). The largest absolute Gasteiger partial charge is 0.399 e. The van der Waals surface area contributed by atoms with Gasteiger partial charge in [0.15, 0.2) is 0 Å². The number of rotatable bonds is 1. The van der Waals surface area contributed by atoms with Gasteiger partial charge < -0.3 is 5.73 Å². The zero-order chi connectivity index (χ0) is 11.8. The summed E-state index contributed by atoms with van der Waals surface area (Å²) < 4.78 is 2.00. The molecule has 1 aliphatic carbocycles. The fraction of sp³-hybridized carbons (Fsp3) is 0.333. The molecule has 0 radical (unpaired) electrons. The Morgan fingerprint density at radius 2 is 2.06 bits per heavy atom. The van der Waals surface area contributed by atoms with Gasteiger partial charge >= 0.3 is 0 Å². The van der Waals surface area contributed by atoms with E-state index in [0.717, 1.165) is 18.7 Å². The Morgan fingerprint density at radius 3 is 2.88 bits per heavy atom. The lowest BCUT2D eigenvalue weighted by molar-refractivity contribution is 0.654. The molecule has 3 rings (SSSR count). The Labute approximate surface area is 104 Å². The van der Waals surface area contributed by atoms with E-state index in [2.05, 4.69) is 9.97 Å². The molecule has 88 valence electrons. The molecular weight excluding hydrogens is 236 g/mol. The quantitative estimate of drug-likeness (QED) is 0.789. The van der Waals surface area contributed by atoms with Crippen molar-refractivity contribution in [3.63, 3.8) is 0 Å². The Balaban J connectivity index is 2.11. The van der Waals surface area contributed by atoms with Crippen LogP contribution in [0.25, 0.3) is 5.82 Å². The first-order chi connectivity index (χ1) is 8.24. The number of imidazole rings is 1.